The second-order valence-corrected chi connectivity index (χ2v) is 5.93. The Morgan fingerprint density at radius 1 is 1.22 bits per heavy atom. The minimum Gasteiger partial charge on any atom is -0.497 e. The van der Waals surface area contributed by atoms with E-state index in [9.17, 15) is 9.50 Å². The second-order valence-electron chi connectivity index (χ2n) is 5.52. The van der Waals surface area contributed by atoms with Crippen molar-refractivity contribution < 1.29 is 14.2 Å². The van der Waals surface area contributed by atoms with Crippen molar-refractivity contribution in [1.29, 1.82) is 0 Å². The van der Waals surface area contributed by atoms with Gasteiger partial charge in [0.25, 0.3) is 0 Å². The third kappa shape index (κ3) is 4.93. The molecule has 23 heavy (non-hydrogen) atoms. The van der Waals surface area contributed by atoms with Crippen molar-refractivity contribution >= 4 is 11.6 Å². The molecule has 0 aromatic heterocycles. The minimum absolute atomic E-state index is 0.0211. The van der Waals surface area contributed by atoms with Crippen LogP contribution in [0.2, 0.25) is 5.02 Å². The van der Waals surface area contributed by atoms with Gasteiger partial charge in [-0.3, -0.25) is 0 Å². The summed E-state index contributed by atoms with van der Waals surface area (Å²) in [5.41, 5.74) is 1.37. The fourth-order valence-electron chi connectivity index (χ4n) is 2.39. The molecule has 0 saturated carbocycles. The van der Waals surface area contributed by atoms with E-state index in [1.807, 2.05) is 31.2 Å². The number of benzene rings is 2. The van der Waals surface area contributed by atoms with Crippen molar-refractivity contribution in [2.24, 2.45) is 0 Å². The van der Waals surface area contributed by atoms with Crippen molar-refractivity contribution in [2.45, 2.75) is 25.5 Å². The van der Waals surface area contributed by atoms with Crippen LogP contribution in [0, 0.1) is 5.82 Å². The van der Waals surface area contributed by atoms with Gasteiger partial charge >= 0.3 is 0 Å². The van der Waals surface area contributed by atoms with Crippen LogP contribution in [0.1, 0.15) is 24.2 Å². The number of hydrogen-bond acceptors (Lipinski definition) is 3. The van der Waals surface area contributed by atoms with E-state index >= 15 is 0 Å². The first kappa shape index (κ1) is 17.7. The number of nitrogens with one attached hydrogen (secondary N) is 1. The lowest BCUT2D eigenvalue weighted by atomic mass is 10.1. The van der Waals surface area contributed by atoms with E-state index in [-0.39, 0.29) is 23.2 Å². The number of aliphatic hydroxyl groups excluding tert-OH is 1. The van der Waals surface area contributed by atoms with Gasteiger partial charge in [0, 0.05) is 18.2 Å². The van der Waals surface area contributed by atoms with E-state index in [0.717, 1.165) is 17.7 Å². The Morgan fingerprint density at radius 3 is 2.57 bits per heavy atom. The highest BCUT2D eigenvalue weighted by Crippen LogP contribution is 2.23. The summed E-state index contributed by atoms with van der Waals surface area (Å²) in [5.74, 6) is 0.257. The topological polar surface area (TPSA) is 41.5 Å². The molecule has 2 unspecified atom stereocenters. The summed E-state index contributed by atoms with van der Waals surface area (Å²) in [6.45, 7) is 2.28. The molecule has 2 aromatic carbocycles. The lowest BCUT2D eigenvalue weighted by Gasteiger charge is -2.18. The summed E-state index contributed by atoms with van der Waals surface area (Å²) in [5, 5.41) is 13.4. The van der Waals surface area contributed by atoms with Gasteiger partial charge in [0.2, 0.25) is 0 Å². The summed E-state index contributed by atoms with van der Waals surface area (Å²) in [7, 11) is 1.63. The predicted molar refractivity (Wildman–Crippen MR) is 90.5 cm³/mol. The molecule has 2 rings (SSSR count). The van der Waals surface area contributed by atoms with Crippen LogP contribution < -0.4 is 10.1 Å². The molecule has 3 nitrogen and oxygen atoms in total. The molecule has 0 aliphatic carbocycles. The summed E-state index contributed by atoms with van der Waals surface area (Å²) in [6, 6.07) is 12.6. The second kappa shape index (κ2) is 8.29. The first-order chi connectivity index (χ1) is 11.0. The van der Waals surface area contributed by atoms with Crippen molar-refractivity contribution in [1.82, 2.24) is 5.32 Å². The van der Waals surface area contributed by atoms with Crippen LogP contribution in [-0.2, 0) is 6.42 Å². The van der Waals surface area contributed by atoms with E-state index in [0.29, 0.717) is 0 Å². The summed E-state index contributed by atoms with van der Waals surface area (Å²) >= 11 is 5.74. The van der Waals surface area contributed by atoms with Gasteiger partial charge in [-0.1, -0.05) is 35.9 Å². The van der Waals surface area contributed by atoms with E-state index in [1.165, 1.54) is 6.07 Å². The number of rotatable bonds is 7. The first-order valence-electron chi connectivity index (χ1n) is 7.49. The van der Waals surface area contributed by atoms with Crippen molar-refractivity contribution in [2.75, 3.05) is 13.7 Å². The Labute approximate surface area is 141 Å². The fourth-order valence-corrected chi connectivity index (χ4v) is 2.57. The average Bonchev–Trinajstić information content (AvgIpc) is 2.56. The largest absolute Gasteiger partial charge is 0.497 e. The van der Waals surface area contributed by atoms with Crippen LogP contribution in [0.3, 0.4) is 0 Å². The molecule has 0 radical (unpaired) electrons. The molecule has 0 amide bonds. The Kier molecular flexibility index (Phi) is 6.39. The van der Waals surface area contributed by atoms with E-state index in [4.69, 9.17) is 16.3 Å². The number of hydrogen-bond donors (Lipinski definition) is 2. The standard InChI is InChI=1S/C18H21ClFNO2/c1-12(10-13-6-8-14(23-2)9-7-13)21-11-17(22)15-4-3-5-16(19)18(15)20/h3-9,12,17,21-22H,10-11H2,1-2H3. The number of halogens is 2. The molecular weight excluding hydrogens is 317 g/mol. The molecule has 0 aliphatic heterocycles. The zero-order chi connectivity index (χ0) is 16.8. The molecule has 124 valence electrons. The normalized spacial score (nSPS) is 13.6. The van der Waals surface area contributed by atoms with Crippen molar-refractivity contribution in [3.05, 3.63) is 64.4 Å². The maximum Gasteiger partial charge on any atom is 0.147 e. The number of methoxy groups -OCH3 is 1. The van der Waals surface area contributed by atoms with Crippen molar-refractivity contribution in [3.8, 4) is 5.75 Å². The molecule has 2 atom stereocenters. The SMILES string of the molecule is COc1ccc(CC(C)NCC(O)c2cccc(Cl)c2F)cc1. The number of aliphatic hydroxyl groups is 1. The van der Waals surface area contributed by atoms with Gasteiger partial charge in [-0.25, -0.2) is 4.39 Å². The molecule has 2 aromatic rings. The van der Waals surface area contributed by atoms with E-state index in [1.54, 1.807) is 19.2 Å². The summed E-state index contributed by atoms with van der Waals surface area (Å²) < 4.78 is 19.0. The van der Waals surface area contributed by atoms with Crippen LogP contribution in [0.4, 0.5) is 4.39 Å². The van der Waals surface area contributed by atoms with Gasteiger partial charge in [0.1, 0.15) is 11.6 Å². The third-order valence-electron chi connectivity index (χ3n) is 3.70. The van der Waals surface area contributed by atoms with Crippen LogP contribution >= 0.6 is 11.6 Å². The first-order valence-corrected chi connectivity index (χ1v) is 7.87. The zero-order valence-corrected chi connectivity index (χ0v) is 14.0. The Bertz CT molecular complexity index is 633. The molecule has 0 spiro atoms. The summed E-state index contributed by atoms with van der Waals surface area (Å²) in [4.78, 5) is 0. The van der Waals surface area contributed by atoms with Crippen LogP contribution in [0.15, 0.2) is 42.5 Å². The fraction of sp³-hybridized carbons (Fsp3) is 0.333. The van der Waals surface area contributed by atoms with Gasteiger partial charge < -0.3 is 15.2 Å². The molecule has 2 N–H and O–H groups in total. The van der Waals surface area contributed by atoms with Gasteiger partial charge in [-0.2, -0.15) is 0 Å². The quantitative estimate of drug-likeness (QED) is 0.808. The molecule has 0 aliphatic rings. The summed E-state index contributed by atoms with van der Waals surface area (Å²) in [6.07, 6.45) is -0.138. The van der Waals surface area contributed by atoms with Gasteiger partial charge in [0.15, 0.2) is 0 Å². The minimum atomic E-state index is -0.938. The van der Waals surface area contributed by atoms with Crippen LogP contribution in [0.5, 0.6) is 5.75 Å². The molecule has 5 heteroatoms. The third-order valence-corrected chi connectivity index (χ3v) is 3.99. The van der Waals surface area contributed by atoms with Crippen LogP contribution in [0.25, 0.3) is 0 Å². The highest BCUT2D eigenvalue weighted by Gasteiger charge is 2.15. The van der Waals surface area contributed by atoms with E-state index in [2.05, 4.69) is 5.32 Å². The highest BCUT2D eigenvalue weighted by atomic mass is 35.5. The molecular formula is C18H21ClFNO2. The number of ether oxygens (including phenoxy) is 1. The average molecular weight is 338 g/mol. The lowest BCUT2D eigenvalue weighted by Crippen LogP contribution is -2.32. The molecule has 0 heterocycles. The smallest absolute Gasteiger partial charge is 0.147 e. The predicted octanol–water partition coefficient (Wildman–Crippen LogP) is 3.74. The van der Waals surface area contributed by atoms with Gasteiger partial charge in [-0.15, -0.1) is 0 Å². The molecule has 0 bridgehead atoms. The Hall–Kier alpha value is -1.62. The van der Waals surface area contributed by atoms with Crippen molar-refractivity contribution in [3.63, 3.8) is 0 Å². The van der Waals surface area contributed by atoms with Gasteiger partial charge in [-0.05, 0) is 37.1 Å². The van der Waals surface area contributed by atoms with E-state index < -0.39 is 11.9 Å². The molecule has 0 fully saturated rings. The lowest BCUT2D eigenvalue weighted by molar-refractivity contribution is 0.166. The van der Waals surface area contributed by atoms with Crippen LogP contribution in [-0.4, -0.2) is 24.8 Å². The Morgan fingerprint density at radius 2 is 1.91 bits per heavy atom. The maximum atomic E-state index is 13.9. The highest BCUT2D eigenvalue weighted by molar-refractivity contribution is 6.30. The maximum absolute atomic E-state index is 13.9. The monoisotopic (exact) mass is 337 g/mol. The zero-order valence-electron chi connectivity index (χ0n) is 13.2. The van der Waals surface area contributed by atoms with Gasteiger partial charge in [0.05, 0.1) is 18.2 Å². The Balaban J connectivity index is 1.88. The molecule has 0 saturated heterocycles.